The van der Waals surface area contributed by atoms with E-state index in [-0.39, 0.29) is 23.7 Å². The molecule has 0 aromatic heterocycles. The minimum absolute atomic E-state index is 0.0583. The van der Waals surface area contributed by atoms with Gasteiger partial charge in [0, 0.05) is 6.42 Å². The van der Waals surface area contributed by atoms with Gasteiger partial charge in [0.05, 0.1) is 12.0 Å². The minimum atomic E-state index is -0.876. The van der Waals surface area contributed by atoms with E-state index >= 15 is 0 Å². The maximum absolute atomic E-state index is 11.6. The van der Waals surface area contributed by atoms with E-state index in [4.69, 9.17) is 0 Å². The predicted molar refractivity (Wildman–Crippen MR) is 68.4 cm³/mol. The Kier molecular flexibility index (Phi) is 4.73. The highest BCUT2D eigenvalue weighted by Gasteiger charge is 2.33. The van der Waals surface area contributed by atoms with Gasteiger partial charge in [0.2, 0.25) is 11.8 Å². The molecule has 0 spiro atoms. The smallest absolute Gasteiger partial charge is 0.241 e. The molecule has 0 bridgehead atoms. The Morgan fingerprint density at radius 2 is 1.61 bits per heavy atom. The third-order valence-corrected chi connectivity index (χ3v) is 3.06. The molecule has 0 radical (unpaired) electrons. The summed E-state index contributed by atoms with van der Waals surface area (Å²) >= 11 is 0. The van der Waals surface area contributed by atoms with Crippen LogP contribution in [0.15, 0.2) is 0 Å². The lowest BCUT2D eigenvalue weighted by Crippen LogP contribution is -2.45. The van der Waals surface area contributed by atoms with Crippen LogP contribution in [0.5, 0.6) is 0 Å². The molecule has 1 aliphatic carbocycles. The summed E-state index contributed by atoms with van der Waals surface area (Å²) in [5.74, 6) is -0.545. The van der Waals surface area contributed by atoms with Crippen molar-refractivity contribution in [3.8, 4) is 0 Å². The molecule has 2 amide bonds. The first-order valence-corrected chi connectivity index (χ1v) is 6.50. The zero-order valence-electron chi connectivity index (χ0n) is 11.5. The van der Waals surface area contributed by atoms with E-state index in [1.54, 1.807) is 0 Å². The molecule has 1 saturated carbocycles. The molecule has 5 heteroatoms. The van der Waals surface area contributed by atoms with Gasteiger partial charge in [0.25, 0.3) is 0 Å². The largest absolute Gasteiger partial charge is 0.389 e. The van der Waals surface area contributed by atoms with Crippen molar-refractivity contribution < 1.29 is 14.7 Å². The molecular weight excluding hydrogens is 232 g/mol. The maximum atomic E-state index is 11.6. The van der Waals surface area contributed by atoms with Gasteiger partial charge in [-0.1, -0.05) is 33.6 Å². The van der Waals surface area contributed by atoms with Crippen LogP contribution in [0.3, 0.4) is 0 Å². The number of rotatable bonds is 3. The van der Waals surface area contributed by atoms with E-state index in [2.05, 4.69) is 10.9 Å². The Labute approximate surface area is 108 Å². The van der Waals surface area contributed by atoms with Gasteiger partial charge in [-0.2, -0.15) is 0 Å². The zero-order chi connectivity index (χ0) is 13.8. The topological polar surface area (TPSA) is 78.4 Å². The molecule has 18 heavy (non-hydrogen) atoms. The Balaban J connectivity index is 2.27. The predicted octanol–water partition coefficient (Wildman–Crippen LogP) is 1.27. The fourth-order valence-corrected chi connectivity index (χ4v) is 2.22. The number of aliphatic hydroxyl groups is 1. The van der Waals surface area contributed by atoms with E-state index in [1.807, 2.05) is 20.8 Å². The van der Waals surface area contributed by atoms with Gasteiger partial charge in [-0.25, -0.2) is 0 Å². The molecule has 0 heterocycles. The highest BCUT2D eigenvalue weighted by Crippen LogP contribution is 2.32. The number of amides is 2. The lowest BCUT2D eigenvalue weighted by Gasteiger charge is -2.22. The average molecular weight is 256 g/mol. The number of carbonyl (C=O) groups excluding carboxylic acids is 2. The molecule has 0 aromatic carbocycles. The lowest BCUT2D eigenvalue weighted by molar-refractivity contribution is -0.132. The first-order chi connectivity index (χ1) is 8.20. The summed E-state index contributed by atoms with van der Waals surface area (Å²) in [4.78, 5) is 23.1. The average Bonchev–Trinajstić information content (AvgIpc) is 2.59. The van der Waals surface area contributed by atoms with Crippen LogP contribution in [0, 0.1) is 5.41 Å². The second-order valence-electron chi connectivity index (χ2n) is 6.44. The maximum Gasteiger partial charge on any atom is 0.241 e. The van der Waals surface area contributed by atoms with E-state index in [1.165, 1.54) is 0 Å². The van der Waals surface area contributed by atoms with Crippen LogP contribution < -0.4 is 10.9 Å². The molecule has 0 aliphatic heterocycles. The van der Waals surface area contributed by atoms with Crippen molar-refractivity contribution in [1.29, 1.82) is 0 Å². The van der Waals surface area contributed by atoms with Crippen molar-refractivity contribution >= 4 is 11.8 Å². The first-order valence-electron chi connectivity index (χ1n) is 6.50. The molecule has 5 nitrogen and oxygen atoms in total. The zero-order valence-corrected chi connectivity index (χ0v) is 11.5. The van der Waals surface area contributed by atoms with Crippen molar-refractivity contribution in [3.05, 3.63) is 0 Å². The summed E-state index contributed by atoms with van der Waals surface area (Å²) in [6, 6.07) is 0. The molecule has 0 atom stereocenters. The summed E-state index contributed by atoms with van der Waals surface area (Å²) in [7, 11) is 0. The Hall–Kier alpha value is -1.10. The molecule has 104 valence electrons. The molecular formula is C13H24N2O3. The number of carbonyl (C=O) groups is 2. The molecule has 1 fully saturated rings. The summed E-state index contributed by atoms with van der Waals surface area (Å²) in [5, 5.41) is 10.0. The highest BCUT2D eigenvalue weighted by molar-refractivity contribution is 5.82. The Morgan fingerprint density at radius 1 is 1.11 bits per heavy atom. The second kappa shape index (κ2) is 5.69. The van der Waals surface area contributed by atoms with Crippen LogP contribution in [0.25, 0.3) is 0 Å². The van der Waals surface area contributed by atoms with Gasteiger partial charge < -0.3 is 5.11 Å². The van der Waals surface area contributed by atoms with Crippen molar-refractivity contribution in [3.63, 3.8) is 0 Å². The van der Waals surface area contributed by atoms with Crippen LogP contribution in [0.2, 0.25) is 0 Å². The summed E-state index contributed by atoms with van der Waals surface area (Å²) < 4.78 is 0. The van der Waals surface area contributed by atoms with Crippen LogP contribution in [-0.4, -0.2) is 22.5 Å². The van der Waals surface area contributed by atoms with Crippen molar-refractivity contribution in [2.45, 2.75) is 64.9 Å². The van der Waals surface area contributed by atoms with Gasteiger partial charge in [-0.15, -0.1) is 0 Å². The SMILES string of the molecule is CC(C)(C)CC(=O)NNC(=O)CC1(O)CCCC1. The third kappa shape index (κ3) is 5.49. The van der Waals surface area contributed by atoms with E-state index in [0.29, 0.717) is 19.3 Å². The molecule has 3 N–H and O–H groups in total. The van der Waals surface area contributed by atoms with E-state index in [0.717, 1.165) is 12.8 Å². The van der Waals surface area contributed by atoms with Crippen LogP contribution in [0.4, 0.5) is 0 Å². The molecule has 0 unspecified atom stereocenters. The summed E-state index contributed by atoms with van der Waals surface area (Å²) in [6.45, 7) is 5.86. The van der Waals surface area contributed by atoms with Crippen LogP contribution >= 0.6 is 0 Å². The summed E-state index contributed by atoms with van der Waals surface area (Å²) in [6.07, 6.45) is 3.65. The standard InChI is InChI=1S/C13H24N2O3/c1-12(2,3)8-10(16)14-15-11(17)9-13(18)6-4-5-7-13/h18H,4-9H2,1-3H3,(H,14,16)(H,15,17). The molecule has 1 rings (SSSR count). The first kappa shape index (κ1) is 15.0. The quantitative estimate of drug-likeness (QED) is 0.665. The fourth-order valence-electron chi connectivity index (χ4n) is 2.22. The lowest BCUT2D eigenvalue weighted by atomic mass is 9.92. The second-order valence-corrected chi connectivity index (χ2v) is 6.44. The van der Waals surface area contributed by atoms with Crippen molar-refractivity contribution in [2.24, 2.45) is 5.41 Å². The summed E-state index contributed by atoms with van der Waals surface area (Å²) in [5.41, 5.74) is 3.75. The molecule has 1 aliphatic rings. The normalized spacial score (nSPS) is 18.4. The van der Waals surface area contributed by atoms with Gasteiger partial charge >= 0.3 is 0 Å². The Morgan fingerprint density at radius 3 is 2.11 bits per heavy atom. The third-order valence-electron chi connectivity index (χ3n) is 3.06. The van der Waals surface area contributed by atoms with Crippen LogP contribution in [0.1, 0.15) is 59.3 Å². The monoisotopic (exact) mass is 256 g/mol. The number of hydrazine groups is 1. The Bertz CT molecular complexity index is 315. The van der Waals surface area contributed by atoms with Crippen molar-refractivity contribution in [1.82, 2.24) is 10.9 Å². The van der Waals surface area contributed by atoms with Gasteiger partial charge in [-0.05, 0) is 18.3 Å². The highest BCUT2D eigenvalue weighted by atomic mass is 16.3. The van der Waals surface area contributed by atoms with Gasteiger partial charge in [-0.3, -0.25) is 20.4 Å². The van der Waals surface area contributed by atoms with Gasteiger partial charge in [0.1, 0.15) is 0 Å². The molecule has 0 aromatic rings. The minimum Gasteiger partial charge on any atom is -0.389 e. The van der Waals surface area contributed by atoms with E-state index < -0.39 is 5.60 Å². The number of nitrogens with one attached hydrogen (secondary N) is 2. The van der Waals surface area contributed by atoms with Gasteiger partial charge in [0.15, 0.2) is 0 Å². The fraction of sp³-hybridized carbons (Fsp3) is 0.846. The number of hydrogen-bond acceptors (Lipinski definition) is 3. The number of hydrogen-bond donors (Lipinski definition) is 3. The van der Waals surface area contributed by atoms with Crippen LogP contribution in [-0.2, 0) is 9.59 Å². The van der Waals surface area contributed by atoms with E-state index in [9.17, 15) is 14.7 Å². The molecule has 0 saturated heterocycles. The van der Waals surface area contributed by atoms with Crippen molar-refractivity contribution in [2.75, 3.05) is 0 Å².